The summed E-state index contributed by atoms with van der Waals surface area (Å²) in [6, 6.07) is 0. The molecule has 0 spiro atoms. The first-order valence-corrected chi connectivity index (χ1v) is 18.5. The van der Waals surface area contributed by atoms with Gasteiger partial charge in [0.15, 0.2) is 0 Å². The van der Waals surface area contributed by atoms with Crippen molar-refractivity contribution in [2.45, 2.75) is 181 Å². The molecule has 0 fully saturated rings. The molecule has 0 aromatic carbocycles. The van der Waals surface area contributed by atoms with Gasteiger partial charge in [0.25, 0.3) is 0 Å². The van der Waals surface area contributed by atoms with Crippen LogP contribution in [0.5, 0.6) is 0 Å². The molecule has 0 saturated heterocycles. The van der Waals surface area contributed by atoms with Gasteiger partial charge in [0.05, 0.1) is 0 Å². The maximum absolute atomic E-state index is 6.25. The fourth-order valence-electron chi connectivity index (χ4n) is 5.21. The fourth-order valence-corrected chi connectivity index (χ4v) is 7.34. The molecular formula is C34H64O2Se. The summed E-state index contributed by atoms with van der Waals surface area (Å²) < 4.78 is 12.5. The molecule has 0 aliphatic rings. The van der Waals surface area contributed by atoms with Crippen molar-refractivity contribution in [1.82, 2.24) is 0 Å². The summed E-state index contributed by atoms with van der Waals surface area (Å²) in [5.41, 5.74) is 2.80. The van der Waals surface area contributed by atoms with E-state index in [9.17, 15) is 0 Å². The third-order valence-corrected chi connectivity index (χ3v) is 9.47. The molecule has 1 aromatic rings. The van der Waals surface area contributed by atoms with Crippen molar-refractivity contribution in [3.63, 3.8) is 0 Å². The van der Waals surface area contributed by atoms with E-state index in [2.05, 4.69) is 37.6 Å². The third-order valence-electron chi connectivity index (χ3n) is 7.83. The standard InChI is InChI=1S/C34H64O2Se/c1-5-7-9-11-13-15-17-19-21-23-25-27-35-31(3)33-29-37-30-34(33)32(4)36-28-26-24-22-20-18-16-14-12-10-8-6-2/h29-32H,5-28H2,1-4H3. The van der Waals surface area contributed by atoms with Crippen LogP contribution in [-0.4, -0.2) is 27.7 Å². The molecule has 1 aromatic heterocycles. The predicted molar refractivity (Wildman–Crippen MR) is 165 cm³/mol. The molecule has 218 valence electrons. The minimum atomic E-state index is 0.201. The fraction of sp³-hybridized carbons (Fsp3) is 0.882. The van der Waals surface area contributed by atoms with Crippen LogP contribution in [0.25, 0.3) is 0 Å². The Balaban J connectivity index is 2.03. The molecule has 0 bridgehead atoms. The van der Waals surface area contributed by atoms with Gasteiger partial charge in [-0.1, -0.05) is 65.2 Å². The molecule has 37 heavy (non-hydrogen) atoms. The summed E-state index contributed by atoms with van der Waals surface area (Å²) in [5, 5.41) is 0. The second-order valence-corrected chi connectivity index (χ2v) is 12.9. The van der Waals surface area contributed by atoms with E-state index < -0.39 is 0 Å². The Morgan fingerprint density at radius 3 is 1.03 bits per heavy atom. The van der Waals surface area contributed by atoms with Gasteiger partial charge in [0.1, 0.15) is 0 Å². The Morgan fingerprint density at radius 1 is 0.459 bits per heavy atom. The molecule has 0 radical (unpaired) electrons. The van der Waals surface area contributed by atoms with Crippen LogP contribution in [0.1, 0.15) is 192 Å². The van der Waals surface area contributed by atoms with Crippen LogP contribution >= 0.6 is 0 Å². The van der Waals surface area contributed by atoms with Crippen LogP contribution in [0.2, 0.25) is 0 Å². The SMILES string of the molecule is CCCCCCCCCCCCCOC(C)c1c[se]cc1C(C)OCCCCCCCCCCCCC. The Morgan fingerprint density at radius 2 is 0.730 bits per heavy atom. The maximum atomic E-state index is 6.25. The van der Waals surface area contributed by atoms with Gasteiger partial charge in [0, 0.05) is 0 Å². The van der Waals surface area contributed by atoms with E-state index in [-0.39, 0.29) is 12.2 Å². The number of hydrogen-bond acceptors (Lipinski definition) is 2. The van der Waals surface area contributed by atoms with E-state index in [1.807, 2.05) is 0 Å². The van der Waals surface area contributed by atoms with Crippen molar-refractivity contribution in [1.29, 1.82) is 0 Å². The average Bonchev–Trinajstić information content (AvgIpc) is 3.40. The van der Waals surface area contributed by atoms with Crippen molar-refractivity contribution in [2.24, 2.45) is 0 Å². The van der Waals surface area contributed by atoms with Crippen LogP contribution in [-0.2, 0) is 9.47 Å². The zero-order valence-electron chi connectivity index (χ0n) is 25.5. The molecule has 0 N–H and O–H groups in total. The zero-order valence-corrected chi connectivity index (χ0v) is 27.2. The van der Waals surface area contributed by atoms with Crippen molar-refractivity contribution >= 4 is 14.5 Å². The topological polar surface area (TPSA) is 18.5 Å². The quantitative estimate of drug-likeness (QED) is 0.0721. The second-order valence-electron chi connectivity index (χ2n) is 11.4. The van der Waals surface area contributed by atoms with Crippen LogP contribution in [0.3, 0.4) is 0 Å². The number of hydrogen-bond donors (Lipinski definition) is 0. The molecule has 3 heteroatoms. The first-order chi connectivity index (χ1) is 18.2. The van der Waals surface area contributed by atoms with E-state index in [0.717, 1.165) is 13.2 Å². The van der Waals surface area contributed by atoms with Crippen molar-refractivity contribution in [2.75, 3.05) is 13.2 Å². The van der Waals surface area contributed by atoms with Crippen LogP contribution in [0, 0.1) is 0 Å². The Labute approximate surface area is 238 Å². The van der Waals surface area contributed by atoms with Gasteiger partial charge in [-0.2, -0.15) is 0 Å². The van der Waals surface area contributed by atoms with Gasteiger partial charge >= 0.3 is 174 Å². The Bertz CT molecular complexity index is 536. The monoisotopic (exact) mass is 584 g/mol. The van der Waals surface area contributed by atoms with Crippen LogP contribution < -0.4 is 0 Å². The summed E-state index contributed by atoms with van der Waals surface area (Å²) in [5.74, 6) is 0. The molecule has 2 unspecified atom stereocenters. The van der Waals surface area contributed by atoms with Crippen molar-refractivity contribution in [3.8, 4) is 0 Å². The number of ether oxygens (including phenoxy) is 2. The van der Waals surface area contributed by atoms with E-state index in [1.54, 1.807) is 0 Å². The van der Waals surface area contributed by atoms with Crippen LogP contribution in [0.15, 0.2) is 9.88 Å². The van der Waals surface area contributed by atoms with Gasteiger partial charge in [0.2, 0.25) is 0 Å². The summed E-state index contributed by atoms with van der Waals surface area (Å²) in [6.45, 7) is 10.8. The first-order valence-electron chi connectivity index (χ1n) is 16.5. The number of unbranched alkanes of at least 4 members (excludes halogenated alkanes) is 20. The summed E-state index contributed by atoms with van der Waals surface area (Å²) in [6.07, 6.45) is 30.8. The van der Waals surface area contributed by atoms with E-state index >= 15 is 0 Å². The van der Waals surface area contributed by atoms with Gasteiger partial charge in [-0.15, -0.1) is 0 Å². The third kappa shape index (κ3) is 19.6. The second kappa shape index (κ2) is 26.2. The smallest absolute Gasteiger partial charge is 0.0654 e. The average molecular weight is 584 g/mol. The van der Waals surface area contributed by atoms with Crippen LogP contribution in [0.4, 0.5) is 0 Å². The van der Waals surface area contributed by atoms with Gasteiger partial charge in [-0.25, -0.2) is 0 Å². The summed E-state index contributed by atoms with van der Waals surface area (Å²) >= 11 is 0.465. The molecule has 1 rings (SSSR count). The Hall–Kier alpha value is -0.0805. The Kier molecular flexibility index (Phi) is 24.7. The minimum absolute atomic E-state index is 0.201. The normalized spacial score (nSPS) is 13.3. The van der Waals surface area contributed by atoms with E-state index in [1.165, 1.54) is 152 Å². The van der Waals surface area contributed by atoms with Gasteiger partial charge < -0.3 is 0 Å². The number of rotatable bonds is 28. The molecular weight excluding hydrogens is 519 g/mol. The summed E-state index contributed by atoms with van der Waals surface area (Å²) in [7, 11) is 0. The molecule has 0 amide bonds. The molecule has 0 saturated carbocycles. The van der Waals surface area contributed by atoms with Crippen molar-refractivity contribution in [3.05, 3.63) is 21.0 Å². The molecule has 2 atom stereocenters. The van der Waals surface area contributed by atoms with E-state index in [4.69, 9.17) is 9.47 Å². The van der Waals surface area contributed by atoms with Gasteiger partial charge in [-0.05, 0) is 0 Å². The molecule has 0 aliphatic heterocycles. The van der Waals surface area contributed by atoms with Gasteiger partial charge in [-0.3, -0.25) is 0 Å². The van der Waals surface area contributed by atoms with Crippen molar-refractivity contribution < 1.29 is 9.47 Å². The summed E-state index contributed by atoms with van der Waals surface area (Å²) in [4.78, 5) is 4.82. The predicted octanol–water partition coefficient (Wildman–Crippen LogP) is 11.5. The molecule has 0 aliphatic carbocycles. The minimum Gasteiger partial charge on any atom is -0.0654 e. The molecule has 2 nitrogen and oxygen atoms in total. The zero-order chi connectivity index (χ0) is 26.8. The van der Waals surface area contributed by atoms with E-state index in [0.29, 0.717) is 14.5 Å². The first kappa shape index (κ1) is 34.9. The molecule has 1 heterocycles.